The van der Waals surface area contributed by atoms with Gasteiger partial charge in [0.1, 0.15) is 0 Å². The van der Waals surface area contributed by atoms with Crippen LogP contribution in [-0.4, -0.2) is 49.1 Å². The van der Waals surface area contributed by atoms with E-state index in [1.807, 2.05) is 47.4 Å². The molecule has 0 radical (unpaired) electrons. The first-order chi connectivity index (χ1) is 15.3. The van der Waals surface area contributed by atoms with Gasteiger partial charge in [0, 0.05) is 41.5 Å². The summed E-state index contributed by atoms with van der Waals surface area (Å²) in [4.78, 5) is 15.4. The summed E-state index contributed by atoms with van der Waals surface area (Å²) >= 11 is 12.5. The van der Waals surface area contributed by atoms with Crippen LogP contribution in [0, 0.1) is 0 Å². The maximum Gasteiger partial charge on any atom is 0.223 e. The number of carbonyl (C=O) groups is 1. The quantitative estimate of drug-likeness (QED) is 0.473. The van der Waals surface area contributed by atoms with E-state index in [1.165, 1.54) is 0 Å². The maximum atomic E-state index is 13.4. The Morgan fingerprint density at radius 2 is 1.84 bits per heavy atom. The fraction of sp³-hybridized carbons (Fsp3) is 0.458. The van der Waals surface area contributed by atoms with Gasteiger partial charge in [0.25, 0.3) is 0 Å². The van der Waals surface area contributed by atoms with Gasteiger partial charge in [0.15, 0.2) is 0 Å². The smallest absolute Gasteiger partial charge is 0.223 e. The first kappa shape index (κ1) is 23.9. The molecule has 2 fully saturated rings. The number of halogens is 2. The molecule has 174 valence electrons. The third kappa shape index (κ3) is 4.96. The van der Waals surface area contributed by atoms with Crippen LogP contribution in [0.4, 0.5) is 0 Å². The molecule has 0 spiro atoms. The number of amides is 1. The molecule has 3 atom stereocenters. The molecule has 2 N–H and O–H groups in total. The van der Waals surface area contributed by atoms with Gasteiger partial charge in [0.05, 0.1) is 11.8 Å². The van der Waals surface area contributed by atoms with E-state index < -0.39 is 10.8 Å². The highest BCUT2D eigenvalue weighted by Crippen LogP contribution is 2.50. The summed E-state index contributed by atoms with van der Waals surface area (Å²) in [6.45, 7) is 3.16. The number of likely N-dealkylation sites (tertiary alicyclic amines) is 1. The molecule has 2 heterocycles. The molecule has 0 aromatic heterocycles. The van der Waals surface area contributed by atoms with Crippen LogP contribution in [0.5, 0.6) is 0 Å². The van der Waals surface area contributed by atoms with E-state index in [1.54, 1.807) is 4.31 Å². The zero-order chi connectivity index (χ0) is 22.9. The molecule has 0 bridgehead atoms. The molecule has 32 heavy (non-hydrogen) atoms. The van der Waals surface area contributed by atoms with E-state index in [-0.39, 0.29) is 23.9 Å². The number of nitrogens with zero attached hydrogens (tertiary/aromatic N) is 2. The first-order valence-corrected chi connectivity index (χ1v) is 13.6. The molecule has 2 saturated heterocycles. The minimum Gasteiger partial charge on any atom is -0.331 e. The second kappa shape index (κ2) is 9.92. The lowest BCUT2D eigenvalue weighted by molar-refractivity contribution is -0.141. The number of rotatable bonds is 6. The molecule has 2 aliphatic heterocycles. The standard InChI is InChI=1S/C24H30Cl2N2O3S/c1-2-21(16-27-13-4-14-32(27,30)31)28-23(29)12-11-22(18-5-3-6-20(26)15-18)24(28)17-7-9-19(25)10-8-17/h3,5-10,15,21-22,24,30-31H,2,4,11-14,16H2,1H3/t21-,22+,24+/m0/s1. The minimum absolute atomic E-state index is 0.0839. The van der Waals surface area contributed by atoms with E-state index in [0.717, 1.165) is 30.4 Å². The van der Waals surface area contributed by atoms with E-state index in [4.69, 9.17) is 23.2 Å². The Bertz CT molecular complexity index is 957. The molecule has 0 unspecified atom stereocenters. The molecule has 8 heteroatoms. The van der Waals surface area contributed by atoms with Crippen molar-refractivity contribution in [2.75, 3.05) is 18.8 Å². The predicted octanol–water partition coefficient (Wildman–Crippen LogP) is 6.59. The molecule has 4 rings (SSSR count). The van der Waals surface area contributed by atoms with Crippen LogP contribution < -0.4 is 0 Å². The van der Waals surface area contributed by atoms with Crippen molar-refractivity contribution in [3.05, 3.63) is 69.7 Å². The molecule has 1 amide bonds. The van der Waals surface area contributed by atoms with E-state index in [2.05, 4.69) is 13.0 Å². The van der Waals surface area contributed by atoms with Crippen molar-refractivity contribution in [2.24, 2.45) is 0 Å². The van der Waals surface area contributed by atoms with Gasteiger partial charge >= 0.3 is 0 Å². The minimum atomic E-state index is -2.75. The summed E-state index contributed by atoms with van der Waals surface area (Å²) < 4.78 is 22.7. The highest BCUT2D eigenvalue weighted by atomic mass is 35.5. The van der Waals surface area contributed by atoms with Gasteiger partial charge in [0.2, 0.25) is 5.91 Å². The number of hydrogen-bond acceptors (Lipinski definition) is 4. The van der Waals surface area contributed by atoms with Crippen molar-refractivity contribution in [1.82, 2.24) is 9.21 Å². The molecular weight excluding hydrogens is 467 g/mol. The Labute approximate surface area is 201 Å². The van der Waals surface area contributed by atoms with Crippen molar-refractivity contribution in [3.8, 4) is 0 Å². The molecule has 0 aliphatic carbocycles. The number of benzene rings is 2. The highest BCUT2D eigenvalue weighted by molar-refractivity contribution is 8.22. The second-order valence-corrected chi connectivity index (χ2v) is 11.7. The average Bonchev–Trinajstić information content (AvgIpc) is 3.10. The number of hydrogen-bond donors (Lipinski definition) is 2. The Balaban J connectivity index is 1.74. The summed E-state index contributed by atoms with van der Waals surface area (Å²) in [6, 6.07) is 15.3. The van der Waals surface area contributed by atoms with Crippen molar-refractivity contribution in [3.63, 3.8) is 0 Å². The van der Waals surface area contributed by atoms with Crippen molar-refractivity contribution in [1.29, 1.82) is 0 Å². The highest BCUT2D eigenvalue weighted by Gasteiger charge is 2.42. The van der Waals surface area contributed by atoms with Gasteiger partial charge in [-0.2, -0.15) is 0 Å². The first-order valence-electron chi connectivity index (χ1n) is 11.1. The van der Waals surface area contributed by atoms with Crippen LogP contribution in [0.25, 0.3) is 0 Å². The van der Waals surface area contributed by atoms with Crippen LogP contribution >= 0.6 is 34.0 Å². The SMILES string of the molecule is CC[C@@H](CN1CCCS1(O)O)N1C(=O)CC[C@H](c2cccc(Cl)c2)[C@H]1c1ccc(Cl)cc1. The van der Waals surface area contributed by atoms with Gasteiger partial charge in [-0.05, 0) is 54.7 Å². The Hall–Kier alpha value is -1.28. The predicted molar refractivity (Wildman–Crippen MR) is 132 cm³/mol. The molecule has 0 saturated carbocycles. The Kier molecular flexibility index (Phi) is 7.40. The van der Waals surface area contributed by atoms with Crippen molar-refractivity contribution >= 4 is 39.9 Å². The second-order valence-electron chi connectivity index (χ2n) is 8.64. The number of piperidine rings is 1. The number of carbonyl (C=O) groups excluding carboxylic acids is 1. The fourth-order valence-corrected chi connectivity index (χ4v) is 6.99. The van der Waals surface area contributed by atoms with Crippen LogP contribution in [-0.2, 0) is 4.79 Å². The van der Waals surface area contributed by atoms with Crippen molar-refractivity contribution < 1.29 is 13.9 Å². The molecule has 2 aliphatic rings. The van der Waals surface area contributed by atoms with Gasteiger partial charge in [-0.15, -0.1) is 10.8 Å². The van der Waals surface area contributed by atoms with E-state index in [9.17, 15) is 13.9 Å². The van der Waals surface area contributed by atoms with Crippen LogP contribution in [0.3, 0.4) is 0 Å². The normalized spacial score (nSPS) is 25.7. The lowest BCUT2D eigenvalue weighted by atomic mass is 9.79. The fourth-order valence-electron chi connectivity index (χ4n) is 5.05. The van der Waals surface area contributed by atoms with Gasteiger partial charge < -0.3 is 4.90 Å². The summed E-state index contributed by atoms with van der Waals surface area (Å²) in [5.74, 6) is 0.592. The zero-order valence-electron chi connectivity index (χ0n) is 18.2. The molecular formula is C24H30Cl2N2O3S. The van der Waals surface area contributed by atoms with Crippen LogP contribution in [0.2, 0.25) is 10.0 Å². The Morgan fingerprint density at radius 3 is 2.47 bits per heavy atom. The monoisotopic (exact) mass is 496 g/mol. The lowest BCUT2D eigenvalue weighted by Gasteiger charge is -2.48. The van der Waals surface area contributed by atoms with Gasteiger partial charge in [-0.3, -0.25) is 13.9 Å². The molecule has 5 nitrogen and oxygen atoms in total. The maximum absolute atomic E-state index is 13.4. The molecule has 2 aromatic carbocycles. The van der Waals surface area contributed by atoms with E-state index in [0.29, 0.717) is 35.3 Å². The van der Waals surface area contributed by atoms with Gasteiger partial charge in [-0.25, -0.2) is 4.31 Å². The van der Waals surface area contributed by atoms with Crippen molar-refractivity contribution in [2.45, 2.75) is 50.6 Å². The third-order valence-electron chi connectivity index (χ3n) is 6.64. The summed E-state index contributed by atoms with van der Waals surface area (Å²) in [7, 11) is -2.75. The molecule has 2 aromatic rings. The third-order valence-corrected chi connectivity index (χ3v) is 9.13. The van der Waals surface area contributed by atoms with Gasteiger partial charge in [-0.1, -0.05) is 54.4 Å². The largest absolute Gasteiger partial charge is 0.331 e. The van der Waals surface area contributed by atoms with Crippen LogP contribution in [0.15, 0.2) is 48.5 Å². The summed E-state index contributed by atoms with van der Waals surface area (Å²) in [6.07, 6.45) is 2.68. The topological polar surface area (TPSA) is 64.0 Å². The van der Waals surface area contributed by atoms with Crippen LogP contribution in [0.1, 0.15) is 55.7 Å². The zero-order valence-corrected chi connectivity index (χ0v) is 20.5. The van der Waals surface area contributed by atoms with E-state index >= 15 is 0 Å². The Morgan fingerprint density at radius 1 is 1.09 bits per heavy atom. The lowest BCUT2D eigenvalue weighted by Crippen LogP contribution is -2.51. The summed E-state index contributed by atoms with van der Waals surface area (Å²) in [5.41, 5.74) is 2.13. The summed E-state index contributed by atoms with van der Waals surface area (Å²) in [5, 5.41) is 1.33. The average molecular weight is 497 g/mol.